The quantitative estimate of drug-likeness (QED) is 0.287. The maximum atomic E-state index is 13.1. The summed E-state index contributed by atoms with van der Waals surface area (Å²) in [7, 11) is -4.06. The van der Waals surface area contributed by atoms with Crippen molar-refractivity contribution in [3.8, 4) is 12.3 Å². The molecule has 6 rings (SSSR count). The minimum atomic E-state index is -4.06. The lowest BCUT2D eigenvalue weighted by atomic mass is 9.40. The van der Waals surface area contributed by atoms with E-state index in [1.165, 1.54) is 6.07 Å². The Morgan fingerprint density at radius 3 is 2.44 bits per heavy atom. The van der Waals surface area contributed by atoms with Gasteiger partial charge in [0.25, 0.3) is 10.0 Å². The van der Waals surface area contributed by atoms with Crippen LogP contribution in [0.5, 0.6) is 0 Å². The molecule has 11 atom stereocenters. The summed E-state index contributed by atoms with van der Waals surface area (Å²) in [6.07, 6.45) is 13.0. The zero-order valence-corrected chi connectivity index (χ0v) is 27.9. The van der Waals surface area contributed by atoms with Crippen molar-refractivity contribution >= 4 is 26.8 Å². The Balaban J connectivity index is 1.18. The van der Waals surface area contributed by atoms with Crippen molar-refractivity contribution in [2.45, 2.75) is 96.2 Å². The zero-order chi connectivity index (χ0) is 32.4. The first kappa shape index (κ1) is 32.3. The highest BCUT2D eigenvalue weighted by molar-refractivity contribution is 7.90. The third-order valence-electron chi connectivity index (χ3n) is 13.6. The number of carbonyl (C=O) groups is 1. The number of sulfonamides is 1. The van der Waals surface area contributed by atoms with Crippen LogP contribution >= 0.6 is 0 Å². The molecule has 4 N–H and O–H groups in total. The van der Waals surface area contributed by atoms with Crippen LogP contribution in [-0.2, 0) is 10.0 Å². The molecule has 4 fully saturated rings. The number of urea groups is 1. The van der Waals surface area contributed by atoms with Crippen molar-refractivity contribution in [1.82, 2.24) is 10.0 Å². The Morgan fingerprint density at radius 2 is 1.73 bits per heavy atom. The molecular formula is C37H50N2O5S. The first-order chi connectivity index (χ1) is 21.3. The number of rotatable bonds is 6. The minimum Gasteiger partial charge on any atom is -0.393 e. The highest BCUT2D eigenvalue weighted by atomic mass is 32.2. The number of aliphatic hydroxyl groups excluding tert-OH is 2. The van der Waals surface area contributed by atoms with Crippen LogP contribution in [0.25, 0.3) is 10.8 Å². The number of hydrogen-bond acceptors (Lipinski definition) is 5. The predicted molar refractivity (Wildman–Crippen MR) is 176 cm³/mol. The van der Waals surface area contributed by atoms with E-state index in [0.717, 1.165) is 62.1 Å². The number of fused-ring (bicyclic) bond motifs is 6. The van der Waals surface area contributed by atoms with Crippen LogP contribution in [-0.4, -0.2) is 43.4 Å². The summed E-state index contributed by atoms with van der Waals surface area (Å²) in [6.45, 7) is 9.24. The van der Waals surface area contributed by atoms with Crippen molar-refractivity contribution in [1.29, 1.82) is 0 Å². The Morgan fingerprint density at radius 1 is 1.02 bits per heavy atom. The van der Waals surface area contributed by atoms with Gasteiger partial charge in [0.1, 0.15) is 0 Å². The second-order valence-electron chi connectivity index (χ2n) is 15.2. The van der Waals surface area contributed by atoms with Gasteiger partial charge >= 0.3 is 6.03 Å². The lowest BCUT2D eigenvalue weighted by Crippen LogP contribution is -2.63. The molecule has 0 aromatic heterocycles. The van der Waals surface area contributed by atoms with E-state index in [0.29, 0.717) is 11.8 Å². The average molecular weight is 635 g/mol. The van der Waals surface area contributed by atoms with E-state index in [1.807, 2.05) is 24.3 Å². The number of terminal acetylenes is 1. The monoisotopic (exact) mass is 634 g/mol. The highest BCUT2D eigenvalue weighted by Crippen LogP contribution is 2.72. The molecule has 4 aliphatic rings. The van der Waals surface area contributed by atoms with Crippen LogP contribution in [0, 0.1) is 64.1 Å². The first-order valence-corrected chi connectivity index (χ1v) is 18.4. The third kappa shape index (κ3) is 5.00. The summed E-state index contributed by atoms with van der Waals surface area (Å²) in [5.41, 5.74) is -0.599. The Labute approximate surface area is 269 Å². The van der Waals surface area contributed by atoms with Crippen molar-refractivity contribution in [2.24, 2.45) is 51.8 Å². The van der Waals surface area contributed by atoms with Crippen LogP contribution in [0.2, 0.25) is 0 Å². The van der Waals surface area contributed by atoms with Gasteiger partial charge < -0.3 is 15.5 Å². The normalized spacial score (nSPS) is 40.0. The van der Waals surface area contributed by atoms with E-state index in [1.54, 1.807) is 12.1 Å². The summed E-state index contributed by atoms with van der Waals surface area (Å²) in [6, 6.07) is 11.5. The standard InChI is InChI=1S/C37H50N2O5S/c1-6-28-31-21-26(40)14-17-35(31,4)29-15-18-36(5)30(32(29)33(28)41)16-19-37(36,7-2)23(3)22-38-34(42)39-45(43,44)27-13-12-24-10-8-9-11-25(24)20-27/h2,8-13,20,23,26,28-33,40-41H,6,14-19,21-22H2,1,3-5H3,(H2,38,39,42)/t23-,26-,28-,29+,30+,31+,32?,33-,35-,36+,37-/m1/s1. The smallest absolute Gasteiger partial charge is 0.328 e. The van der Waals surface area contributed by atoms with Crippen LogP contribution in [0.1, 0.15) is 79.1 Å². The van der Waals surface area contributed by atoms with Gasteiger partial charge in [-0.2, -0.15) is 0 Å². The molecule has 7 nitrogen and oxygen atoms in total. The Hall–Kier alpha value is -2.60. The molecule has 45 heavy (non-hydrogen) atoms. The van der Waals surface area contributed by atoms with Gasteiger partial charge in [-0.05, 0) is 114 Å². The largest absolute Gasteiger partial charge is 0.393 e. The lowest BCUT2D eigenvalue weighted by molar-refractivity contribution is -0.206. The van der Waals surface area contributed by atoms with Crippen LogP contribution in [0.4, 0.5) is 4.79 Å². The molecule has 1 unspecified atom stereocenters. The third-order valence-corrected chi connectivity index (χ3v) is 14.9. The van der Waals surface area contributed by atoms with Crippen LogP contribution in [0.15, 0.2) is 47.4 Å². The average Bonchev–Trinajstić information content (AvgIpc) is 3.33. The van der Waals surface area contributed by atoms with Gasteiger partial charge in [-0.25, -0.2) is 17.9 Å². The number of carbonyl (C=O) groups excluding carboxylic acids is 1. The van der Waals surface area contributed by atoms with E-state index in [-0.39, 0.29) is 52.0 Å². The molecule has 4 aliphatic carbocycles. The van der Waals surface area contributed by atoms with Gasteiger partial charge in [0.05, 0.1) is 17.1 Å². The maximum Gasteiger partial charge on any atom is 0.328 e. The summed E-state index contributed by atoms with van der Waals surface area (Å²) < 4.78 is 28.3. The van der Waals surface area contributed by atoms with Crippen molar-refractivity contribution in [3.63, 3.8) is 0 Å². The van der Waals surface area contributed by atoms with Gasteiger partial charge in [0, 0.05) is 12.0 Å². The second-order valence-corrected chi connectivity index (χ2v) is 16.9. The fourth-order valence-electron chi connectivity index (χ4n) is 11.2. The fraction of sp³-hybridized carbons (Fsp3) is 0.649. The molecule has 0 saturated heterocycles. The van der Waals surface area contributed by atoms with E-state index in [9.17, 15) is 23.4 Å². The maximum absolute atomic E-state index is 13.1. The van der Waals surface area contributed by atoms with Gasteiger partial charge in [0.2, 0.25) is 0 Å². The molecule has 8 heteroatoms. The molecule has 4 saturated carbocycles. The van der Waals surface area contributed by atoms with Crippen LogP contribution in [0.3, 0.4) is 0 Å². The number of hydrogen-bond donors (Lipinski definition) is 4. The topological polar surface area (TPSA) is 116 Å². The number of aliphatic hydroxyl groups is 2. The van der Waals surface area contributed by atoms with Gasteiger partial charge in [-0.3, -0.25) is 0 Å². The summed E-state index contributed by atoms with van der Waals surface area (Å²) in [5.74, 6) is 4.47. The molecule has 244 valence electrons. The molecule has 0 heterocycles. The molecule has 0 aliphatic heterocycles. The lowest BCUT2D eigenvalue weighted by Gasteiger charge is -2.65. The van der Waals surface area contributed by atoms with Crippen molar-refractivity contribution in [2.75, 3.05) is 6.54 Å². The number of nitrogens with one attached hydrogen (secondary N) is 2. The molecule has 2 amide bonds. The molecule has 0 bridgehead atoms. The number of benzene rings is 2. The van der Waals surface area contributed by atoms with E-state index >= 15 is 0 Å². The molecule has 0 radical (unpaired) electrons. The summed E-state index contributed by atoms with van der Waals surface area (Å²) in [4.78, 5) is 13.0. The fourth-order valence-corrected chi connectivity index (χ4v) is 12.2. The highest BCUT2D eigenvalue weighted by Gasteiger charge is 2.68. The van der Waals surface area contributed by atoms with Gasteiger partial charge in [-0.15, -0.1) is 6.42 Å². The predicted octanol–water partition coefficient (Wildman–Crippen LogP) is 6.09. The van der Waals surface area contributed by atoms with E-state index in [4.69, 9.17) is 6.42 Å². The SMILES string of the molecule is C#C[C@]1([C@H](C)CNC(=O)NS(=O)(=O)c2ccc3ccccc3c2)CC[C@H]2C3[C@H](O)[C@H](CC)[C@@H]4C[C@H](O)CC[C@]4(C)[C@H]3CC[C@@]21C. The van der Waals surface area contributed by atoms with Crippen molar-refractivity contribution < 1.29 is 23.4 Å². The molecular weight excluding hydrogens is 584 g/mol. The molecule has 2 aromatic carbocycles. The Bertz CT molecular complexity index is 1600. The Kier molecular flexibility index (Phi) is 8.32. The van der Waals surface area contributed by atoms with Crippen molar-refractivity contribution in [3.05, 3.63) is 42.5 Å². The second kappa shape index (κ2) is 11.6. The van der Waals surface area contributed by atoms with Gasteiger partial charge in [-0.1, -0.05) is 70.4 Å². The summed E-state index contributed by atoms with van der Waals surface area (Å²) >= 11 is 0. The van der Waals surface area contributed by atoms with E-state index in [2.05, 4.69) is 43.7 Å². The number of amides is 2. The van der Waals surface area contributed by atoms with Gasteiger partial charge in [0.15, 0.2) is 0 Å². The van der Waals surface area contributed by atoms with E-state index < -0.39 is 27.6 Å². The summed E-state index contributed by atoms with van der Waals surface area (Å²) in [5, 5.41) is 27.1. The van der Waals surface area contributed by atoms with Crippen LogP contribution < -0.4 is 10.0 Å². The zero-order valence-electron chi connectivity index (χ0n) is 27.1. The minimum absolute atomic E-state index is 0.0345. The molecule has 0 spiro atoms. The first-order valence-electron chi connectivity index (χ1n) is 16.9. The molecule has 2 aromatic rings.